The van der Waals surface area contributed by atoms with Gasteiger partial charge >= 0.3 is 0 Å². The van der Waals surface area contributed by atoms with E-state index in [2.05, 4.69) is 41.2 Å². The van der Waals surface area contributed by atoms with E-state index >= 15 is 0 Å². The molecule has 1 heterocycles. The van der Waals surface area contributed by atoms with E-state index in [1.165, 1.54) is 5.56 Å². The predicted octanol–water partition coefficient (Wildman–Crippen LogP) is 2.90. The zero-order chi connectivity index (χ0) is 16.7. The average molecular weight is 349 g/mol. The van der Waals surface area contributed by atoms with Crippen LogP contribution in [-0.2, 0) is 0 Å². The third kappa shape index (κ3) is 5.22. The fraction of sp³-hybridized carbons (Fsp3) is 0.333. The second kappa shape index (κ2) is 9.90. The van der Waals surface area contributed by atoms with Crippen LogP contribution >= 0.6 is 12.4 Å². The summed E-state index contributed by atoms with van der Waals surface area (Å²) in [5.74, 6) is 0.145. The number of anilines is 1. The van der Waals surface area contributed by atoms with Gasteiger partial charge in [-0.25, -0.2) is 4.98 Å². The Balaban J connectivity index is 0.00000288. The highest BCUT2D eigenvalue weighted by Crippen LogP contribution is 2.19. The Morgan fingerprint density at radius 1 is 1.12 bits per heavy atom. The van der Waals surface area contributed by atoms with Crippen molar-refractivity contribution in [1.29, 1.82) is 0 Å². The molecule has 2 rings (SSSR count). The summed E-state index contributed by atoms with van der Waals surface area (Å²) in [4.78, 5) is 18.7. The van der Waals surface area contributed by atoms with Gasteiger partial charge in [0.15, 0.2) is 0 Å². The predicted molar refractivity (Wildman–Crippen MR) is 100 cm³/mol. The number of likely N-dealkylation sites (N-methyl/N-ethyl adjacent to an activating group) is 1. The van der Waals surface area contributed by atoms with Crippen LogP contribution in [0.1, 0.15) is 35.9 Å². The van der Waals surface area contributed by atoms with Crippen molar-refractivity contribution in [2.24, 2.45) is 0 Å². The van der Waals surface area contributed by atoms with E-state index in [0.29, 0.717) is 18.1 Å². The lowest BCUT2D eigenvalue weighted by atomic mass is 10.0. The molecule has 0 radical (unpaired) electrons. The largest absolute Gasteiger partial charge is 0.384 e. The molecule has 5 nitrogen and oxygen atoms in total. The molecular formula is C18H25ClN4O. The van der Waals surface area contributed by atoms with Crippen molar-refractivity contribution in [1.82, 2.24) is 15.2 Å². The number of pyridine rings is 1. The molecule has 0 saturated heterocycles. The Morgan fingerprint density at radius 3 is 2.38 bits per heavy atom. The summed E-state index contributed by atoms with van der Waals surface area (Å²) >= 11 is 0. The van der Waals surface area contributed by atoms with Crippen LogP contribution in [0.15, 0.2) is 48.5 Å². The molecule has 1 atom stereocenters. The van der Waals surface area contributed by atoms with Crippen LogP contribution in [0.2, 0.25) is 0 Å². The monoisotopic (exact) mass is 348 g/mol. The van der Waals surface area contributed by atoms with Crippen molar-refractivity contribution in [3.63, 3.8) is 0 Å². The van der Waals surface area contributed by atoms with Gasteiger partial charge in [-0.05, 0) is 30.8 Å². The van der Waals surface area contributed by atoms with Gasteiger partial charge in [-0.15, -0.1) is 12.4 Å². The lowest BCUT2D eigenvalue weighted by Crippen LogP contribution is -2.38. The molecule has 2 aromatic rings. The number of nitrogens with two attached hydrogens (primary N) is 1. The maximum Gasteiger partial charge on any atom is 0.270 e. The van der Waals surface area contributed by atoms with Crippen molar-refractivity contribution in [3.8, 4) is 0 Å². The first-order valence-electron chi connectivity index (χ1n) is 7.95. The molecule has 1 aromatic heterocycles. The smallest absolute Gasteiger partial charge is 0.270 e. The van der Waals surface area contributed by atoms with Crippen molar-refractivity contribution in [2.75, 3.05) is 25.4 Å². The second-order valence-corrected chi connectivity index (χ2v) is 5.31. The van der Waals surface area contributed by atoms with E-state index in [4.69, 9.17) is 5.73 Å². The Labute approximate surface area is 149 Å². The fourth-order valence-corrected chi connectivity index (χ4v) is 2.66. The van der Waals surface area contributed by atoms with E-state index in [0.717, 1.165) is 13.1 Å². The molecule has 0 spiro atoms. The Hall–Kier alpha value is -2.11. The Bertz CT molecular complexity index is 632. The molecule has 0 aliphatic heterocycles. The van der Waals surface area contributed by atoms with Crippen molar-refractivity contribution >= 4 is 24.1 Å². The number of benzene rings is 1. The normalized spacial score (nSPS) is 11.6. The lowest BCUT2D eigenvalue weighted by molar-refractivity contribution is 0.0930. The van der Waals surface area contributed by atoms with Crippen LogP contribution in [-0.4, -0.2) is 35.4 Å². The maximum atomic E-state index is 12.3. The first kappa shape index (κ1) is 19.9. The van der Waals surface area contributed by atoms with Crippen LogP contribution in [0.25, 0.3) is 0 Å². The number of amides is 1. The van der Waals surface area contributed by atoms with Crippen molar-refractivity contribution in [3.05, 3.63) is 59.8 Å². The minimum absolute atomic E-state index is 0. The quantitative estimate of drug-likeness (QED) is 0.807. The van der Waals surface area contributed by atoms with Gasteiger partial charge in [-0.1, -0.05) is 50.2 Å². The molecule has 0 bridgehead atoms. The van der Waals surface area contributed by atoms with Crippen LogP contribution in [0.5, 0.6) is 0 Å². The van der Waals surface area contributed by atoms with Gasteiger partial charge in [0.25, 0.3) is 5.91 Å². The maximum absolute atomic E-state index is 12.3. The molecule has 0 fully saturated rings. The topological polar surface area (TPSA) is 71.2 Å². The third-order valence-electron chi connectivity index (χ3n) is 3.90. The molecular weight excluding hydrogens is 324 g/mol. The van der Waals surface area contributed by atoms with Crippen LogP contribution in [0, 0.1) is 0 Å². The SMILES string of the molecule is CCN(CC)C(CNC(=O)c1cccc(N)n1)c1ccccc1.Cl. The molecule has 24 heavy (non-hydrogen) atoms. The number of carbonyl (C=O) groups is 1. The number of hydrogen-bond donors (Lipinski definition) is 2. The third-order valence-corrected chi connectivity index (χ3v) is 3.90. The van der Waals surface area contributed by atoms with Crippen molar-refractivity contribution in [2.45, 2.75) is 19.9 Å². The number of carbonyl (C=O) groups excluding carboxylic acids is 1. The summed E-state index contributed by atoms with van der Waals surface area (Å²) in [5, 5.41) is 2.98. The van der Waals surface area contributed by atoms with E-state index < -0.39 is 0 Å². The average Bonchev–Trinajstić information content (AvgIpc) is 2.59. The number of halogens is 1. The lowest BCUT2D eigenvalue weighted by Gasteiger charge is -2.30. The molecule has 1 aromatic carbocycles. The highest BCUT2D eigenvalue weighted by atomic mass is 35.5. The summed E-state index contributed by atoms with van der Waals surface area (Å²) in [5.41, 5.74) is 7.17. The van der Waals surface area contributed by atoms with Crippen LogP contribution in [0.3, 0.4) is 0 Å². The van der Waals surface area contributed by atoms with Gasteiger partial charge in [-0.3, -0.25) is 9.69 Å². The molecule has 130 valence electrons. The molecule has 1 amide bonds. The van der Waals surface area contributed by atoms with Gasteiger partial charge in [0.05, 0.1) is 6.04 Å². The standard InChI is InChI=1S/C18H24N4O.ClH/c1-3-22(4-2)16(14-9-6-5-7-10-14)13-20-18(23)15-11-8-12-17(19)21-15;/h5-12,16H,3-4,13H2,1-2H3,(H2,19,21)(H,20,23);1H. The summed E-state index contributed by atoms with van der Waals surface area (Å²) in [6.45, 7) is 6.62. The van der Waals surface area contributed by atoms with Crippen LogP contribution in [0.4, 0.5) is 5.82 Å². The summed E-state index contributed by atoms with van der Waals surface area (Å²) in [7, 11) is 0. The van der Waals surface area contributed by atoms with Crippen molar-refractivity contribution < 1.29 is 4.79 Å². The van der Waals surface area contributed by atoms with Crippen LogP contribution < -0.4 is 11.1 Å². The minimum atomic E-state index is -0.203. The van der Waals surface area contributed by atoms with Gasteiger partial charge in [-0.2, -0.15) is 0 Å². The van der Waals surface area contributed by atoms with E-state index in [-0.39, 0.29) is 24.4 Å². The number of nitrogens with zero attached hydrogens (tertiary/aromatic N) is 2. The Kier molecular flexibility index (Phi) is 8.22. The number of hydrogen-bond acceptors (Lipinski definition) is 4. The van der Waals surface area contributed by atoms with E-state index in [9.17, 15) is 4.79 Å². The number of aromatic nitrogens is 1. The molecule has 3 N–H and O–H groups in total. The molecule has 0 aliphatic carbocycles. The first-order chi connectivity index (χ1) is 11.2. The zero-order valence-electron chi connectivity index (χ0n) is 14.1. The van der Waals surface area contributed by atoms with E-state index in [1.807, 2.05) is 18.2 Å². The van der Waals surface area contributed by atoms with Gasteiger partial charge in [0, 0.05) is 6.54 Å². The van der Waals surface area contributed by atoms with Gasteiger partial charge in [0.1, 0.15) is 11.5 Å². The number of rotatable bonds is 7. The summed E-state index contributed by atoms with van der Waals surface area (Å²) in [6.07, 6.45) is 0. The molecule has 1 unspecified atom stereocenters. The molecule has 0 aliphatic rings. The molecule has 6 heteroatoms. The number of nitrogens with one attached hydrogen (secondary N) is 1. The highest BCUT2D eigenvalue weighted by molar-refractivity contribution is 5.92. The minimum Gasteiger partial charge on any atom is -0.384 e. The summed E-state index contributed by atoms with van der Waals surface area (Å²) in [6, 6.07) is 15.4. The second-order valence-electron chi connectivity index (χ2n) is 5.31. The van der Waals surface area contributed by atoms with Gasteiger partial charge in [0.2, 0.25) is 0 Å². The highest BCUT2D eigenvalue weighted by Gasteiger charge is 2.19. The number of nitrogen functional groups attached to an aromatic ring is 1. The Morgan fingerprint density at radius 2 is 1.79 bits per heavy atom. The summed E-state index contributed by atoms with van der Waals surface area (Å²) < 4.78 is 0. The van der Waals surface area contributed by atoms with Gasteiger partial charge < -0.3 is 11.1 Å². The van der Waals surface area contributed by atoms with E-state index in [1.54, 1.807) is 18.2 Å². The zero-order valence-corrected chi connectivity index (χ0v) is 14.9. The molecule has 0 saturated carbocycles. The first-order valence-corrected chi connectivity index (χ1v) is 7.95. The fourth-order valence-electron chi connectivity index (χ4n) is 2.66.